The van der Waals surface area contributed by atoms with Crippen LogP contribution < -0.4 is 15.2 Å². The van der Waals surface area contributed by atoms with Crippen molar-refractivity contribution in [3.8, 4) is 11.5 Å². The second kappa shape index (κ2) is 6.75. The van der Waals surface area contributed by atoms with Gasteiger partial charge in [0.25, 0.3) is 0 Å². The number of ether oxygens (including phenoxy) is 2. The van der Waals surface area contributed by atoms with E-state index in [1.165, 1.54) is 14.2 Å². The molecule has 0 aliphatic rings. The number of hydrogen-bond acceptors (Lipinski definition) is 3. The van der Waals surface area contributed by atoms with Crippen LogP contribution in [0.15, 0.2) is 30.3 Å². The van der Waals surface area contributed by atoms with Crippen molar-refractivity contribution in [2.75, 3.05) is 14.2 Å². The van der Waals surface area contributed by atoms with E-state index in [1.54, 1.807) is 30.3 Å². The molecule has 0 aliphatic heterocycles. The molecule has 1 atom stereocenters. The van der Waals surface area contributed by atoms with Gasteiger partial charge in [0, 0.05) is 15.6 Å². The minimum absolute atomic E-state index is 0.373. The van der Waals surface area contributed by atoms with Gasteiger partial charge in [0.1, 0.15) is 16.5 Å². The van der Waals surface area contributed by atoms with E-state index in [2.05, 4.69) is 0 Å². The fourth-order valence-corrected chi connectivity index (χ4v) is 2.94. The highest BCUT2D eigenvalue weighted by Gasteiger charge is 2.21. The monoisotopic (exact) mass is 345 g/mol. The van der Waals surface area contributed by atoms with Crippen LogP contribution in [0.25, 0.3) is 0 Å². The summed E-state index contributed by atoms with van der Waals surface area (Å²) >= 11 is 18.4. The summed E-state index contributed by atoms with van der Waals surface area (Å²) in [6.07, 6.45) is 0. The fourth-order valence-electron chi connectivity index (χ4n) is 2.08. The molecule has 0 fully saturated rings. The Morgan fingerprint density at radius 3 is 2.19 bits per heavy atom. The lowest BCUT2D eigenvalue weighted by molar-refractivity contribution is 0.390. The molecule has 2 rings (SSSR count). The molecule has 2 aromatic rings. The van der Waals surface area contributed by atoms with Gasteiger partial charge in [-0.15, -0.1) is 0 Å². The highest BCUT2D eigenvalue weighted by molar-refractivity contribution is 6.35. The molecule has 0 aliphatic carbocycles. The largest absolute Gasteiger partial charge is 0.495 e. The molecule has 0 aromatic heterocycles. The van der Waals surface area contributed by atoms with Gasteiger partial charge in [-0.2, -0.15) is 0 Å². The maximum absolute atomic E-state index is 6.30. The maximum Gasteiger partial charge on any atom is 0.146 e. The van der Waals surface area contributed by atoms with E-state index >= 15 is 0 Å². The van der Waals surface area contributed by atoms with Gasteiger partial charge in [-0.05, 0) is 29.8 Å². The Morgan fingerprint density at radius 2 is 1.62 bits per heavy atom. The van der Waals surface area contributed by atoms with E-state index in [4.69, 9.17) is 50.0 Å². The van der Waals surface area contributed by atoms with Crippen molar-refractivity contribution in [1.29, 1.82) is 0 Å². The van der Waals surface area contributed by atoms with Crippen LogP contribution in [-0.2, 0) is 0 Å². The summed E-state index contributed by atoms with van der Waals surface area (Å²) in [6, 6.07) is 8.22. The Morgan fingerprint density at radius 1 is 0.952 bits per heavy atom. The molecular formula is C15H14Cl3NO2. The Labute approximate surface area is 138 Å². The van der Waals surface area contributed by atoms with E-state index in [0.29, 0.717) is 32.1 Å². The van der Waals surface area contributed by atoms with Gasteiger partial charge in [-0.3, -0.25) is 0 Å². The van der Waals surface area contributed by atoms with Gasteiger partial charge in [-0.25, -0.2) is 0 Å². The summed E-state index contributed by atoms with van der Waals surface area (Å²) in [5.41, 5.74) is 7.75. The highest BCUT2D eigenvalue weighted by atomic mass is 35.5. The molecule has 1 unspecified atom stereocenters. The SMILES string of the molecule is COc1ccc(C(N)c2ccc(Cl)cc2Cl)c(OC)c1Cl. The Kier molecular flexibility index (Phi) is 5.22. The normalized spacial score (nSPS) is 12.1. The van der Waals surface area contributed by atoms with Crippen molar-refractivity contribution in [1.82, 2.24) is 0 Å². The van der Waals surface area contributed by atoms with Crippen molar-refractivity contribution in [3.05, 3.63) is 56.5 Å². The van der Waals surface area contributed by atoms with Crippen LogP contribution in [0, 0.1) is 0 Å². The summed E-state index contributed by atoms with van der Waals surface area (Å²) < 4.78 is 10.5. The van der Waals surface area contributed by atoms with E-state index in [1.807, 2.05) is 0 Å². The van der Waals surface area contributed by atoms with Gasteiger partial charge in [0.05, 0.1) is 20.3 Å². The van der Waals surface area contributed by atoms with Crippen LogP contribution in [0.1, 0.15) is 17.2 Å². The van der Waals surface area contributed by atoms with Crippen LogP contribution in [0.5, 0.6) is 11.5 Å². The first kappa shape index (κ1) is 16.2. The average Bonchev–Trinajstić information content (AvgIpc) is 2.46. The second-order valence-corrected chi connectivity index (χ2v) is 5.57. The molecular weight excluding hydrogens is 333 g/mol. The Hall–Kier alpha value is -1.13. The van der Waals surface area contributed by atoms with Gasteiger partial charge in [0.15, 0.2) is 0 Å². The Bertz CT molecular complexity index is 662. The standard InChI is InChI=1S/C15H14Cl3NO2/c1-20-12-6-5-10(15(21-2)13(12)18)14(19)9-4-3-8(16)7-11(9)17/h3-7,14H,19H2,1-2H3. The third-order valence-corrected chi connectivity index (χ3v) is 4.07. The fraction of sp³-hybridized carbons (Fsp3) is 0.200. The lowest BCUT2D eigenvalue weighted by Crippen LogP contribution is -2.14. The van der Waals surface area contributed by atoms with Crippen LogP contribution >= 0.6 is 34.8 Å². The predicted molar refractivity (Wildman–Crippen MR) is 87.0 cm³/mol. The summed E-state index contributed by atoms with van der Waals surface area (Å²) in [4.78, 5) is 0. The topological polar surface area (TPSA) is 44.5 Å². The second-order valence-electron chi connectivity index (χ2n) is 4.35. The van der Waals surface area contributed by atoms with Crippen LogP contribution in [-0.4, -0.2) is 14.2 Å². The summed E-state index contributed by atoms with van der Waals surface area (Å²) in [7, 11) is 3.07. The first-order valence-electron chi connectivity index (χ1n) is 6.10. The molecule has 2 aromatic carbocycles. The van der Waals surface area contributed by atoms with Crippen molar-refractivity contribution in [3.63, 3.8) is 0 Å². The van der Waals surface area contributed by atoms with Crippen LogP contribution in [0.2, 0.25) is 15.1 Å². The summed E-state index contributed by atoms with van der Waals surface area (Å²) in [6.45, 7) is 0. The number of methoxy groups -OCH3 is 2. The smallest absolute Gasteiger partial charge is 0.146 e. The van der Waals surface area contributed by atoms with E-state index in [0.717, 1.165) is 5.56 Å². The van der Waals surface area contributed by atoms with Crippen molar-refractivity contribution >= 4 is 34.8 Å². The van der Waals surface area contributed by atoms with Gasteiger partial charge < -0.3 is 15.2 Å². The van der Waals surface area contributed by atoms with E-state index in [9.17, 15) is 0 Å². The first-order valence-corrected chi connectivity index (χ1v) is 7.23. The Balaban J connectivity index is 2.52. The highest BCUT2D eigenvalue weighted by Crippen LogP contribution is 2.41. The zero-order valence-electron chi connectivity index (χ0n) is 11.5. The average molecular weight is 347 g/mol. The quantitative estimate of drug-likeness (QED) is 0.871. The zero-order chi connectivity index (χ0) is 15.6. The number of benzene rings is 2. The number of halogens is 3. The molecule has 0 amide bonds. The third kappa shape index (κ3) is 3.22. The number of rotatable bonds is 4. The van der Waals surface area contributed by atoms with Gasteiger partial charge in [0.2, 0.25) is 0 Å². The molecule has 0 heterocycles. The van der Waals surface area contributed by atoms with Crippen LogP contribution in [0.3, 0.4) is 0 Å². The third-order valence-electron chi connectivity index (χ3n) is 3.15. The molecule has 0 saturated carbocycles. The molecule has 0 bridgehead atoms. The lowest BCUT2D eigenvalue weighted by Gasteiger charge is -2.19. The molecule has 21 heavy (non-hydrogen) atoms. The molecule has 0 spiro atoms. The van der Waals surface area contributed by atoms with Crippen molar-refractivity contribution in [2.24, 2.45) is 5.73 Å². The summed E-state index contributed by atoms with van der Waals surface area (Å²) in [5.74, 6) is 0.987. The zero-order valence-corrected chi connectivity index (χ0v) is 13.8. The molecule has 6 heteroatoms. The minimum atomic E-state index is -0.492. The molecule has 0 saturated heterocycles. The van der Waals surface area contributed by atoms with Gasteiger partial charge in [-0.1, -0.05) is 40.9 Å². The number of hydrogen-bond donors (Lipinski definition) is 1. The van der Waals surface area contributed by atoms with E-state index in [-0.39, 0.29) is 0 Å². The molecule has 0 radical (unpaired) electrons. The van der Waals surface area contributed by atoms with E-state index < -0.39 is 6.04 Å². The molecule has 112 valence electrons. The van der Waals surface area contributed by atoms with Crippen molar-refractivity contribution < 1.29 is 9.47 Å². The number of nitrogens with two attached hydrogens (primary N) is 1. The molecule has 2 N–H and O–H groups in total. The summed E-state index contributed by atoms with van der Waals surface area (Å²) in [5, 5.41) is 1.41. The predicted octanol–water partition coefficient (Wildman–Crippen LogP) is 4.71. The van der Waals surface area contributed by atoms with Crippen molar-refractivity contribution in [2.45, 2.75) is 6.04 Å². The maximum atomic E-state index is 6.30. The molecule has 3 nitrogen and oxygen atoms in total. The minimum Gasteiger partial charge on any atom is -0.495 e. The van der Waals surface area contributed by atoms with Crippen LogP contribution in [0.4, 0.5) is 0 Å². The van der Waals surface area contributed by atoms with Gasteiger partial charge >= 0.3 is 0 Å². The first-order chi connectivity index (χ1) is 9.99. The lowest BCUT2D eigenvalue weighted by atomic mass is 9.98.